The van der Waals surface area contributed by atoms with Crippen molar-refractivity contribution in [2.45, 2.75) is 82.8 Å². The maximum atomic E-state index is 13.5. The average Bonchev–Trinajstić information content (AvgIpc) is 3.25. The van der Waals surface area contributed by atoms with Crippen LogP contribution in [-0.4, -0.2) is 79.5 Å². The van der Waals surface area contributed by atoms with Crippen molar-refractivity contribution in [3.8, 4) is 0 Å². The molecule has 2 heterocycles. The Morgan fingerprint density at radius 1 is 1.19 bits per heavy atom. The predicted molar refractivity (Wildman–Crippen MR) is 138 cm³/mol. The van der Waals surface area contributed by atoms with Crippen LogP contribution in [0.1, 0.15) is 56.8 Å². The van der Waals surface area contributed by atoms with Gasteiger partial charge in [-0.3, -0.25) is 0 Å². The number of rotatable bonds is 4. The van der Waals surface area contributed by atoms with E-state index in [0.717, 1.165) is 24.8 Å². The van der Waals surface area contributed by atoms with Gasteiger partial charge in [-0.2, -0.15) is 0 Å². The molecular formula is C30H41NO6. The summed E-state index contributed by atoms with van der Waals surface area (Å²) in [6, 6.07) is 9.13. The van der Waals surface area contributed by atoms with E-state index in [-0.39, 0.29) is 53.7 Å². The Morgan fingerprint density at radius 2 is 1.95 bits per heavy atom. The minimum Gasteiger partial charge on any atom is -0.455 e. The van der Waals surface area contributed by atoms with Crippen LogP contribution >= 0.6 is 0 Å². The molecule has 2 saturated heterocycles. The molecule has 0 aromatic heterocycles. The van der Waals surface area contributed by atoms with Crippen molar-refractivity contribution in [3.63, 3.8) is 0 Å². The number of ether oxygens (including phenoxy) is 4. The summed E-state index contributed by atoms with van der Waals surface area (Å²) in [6.45, 7) is 7.81. The molecule has 5 aliphatic rings. The highest BCUT2D eigenvalue weighted by Gasteiger charge is 2.68. The third-order valence-corrected chi connectivity index (χ3v) is 10.2. The molecule has 6 rings (SSSR count). The molecule has 0 amide bonds. The van der Waals surface area contributed by atoms with Crippen molar-refractivity contribution in [3.05, 3.63) is 47.0 Å². The van der Waals surface area contributed by atoms with Crippen molar-refractivity contribution in [1.82, 2.24) is 4.90 Å². The molecule has 7 nitrogen and oxygen atoms in total. The molecule has 2 aliphatic heterocycles. The van der Waals surface area contributed by atoms with E-state index in [1.807, 2.05) is 32.3 Å². The van der Waals surface area contributed by atoms with Gasteiger partial charge in [0.15, 0.2) is 6.29 Å². The van der Waals surface area contributed by atoms with Gasteiger partial charge in [0, 0.05) is 29.7 Å². The van der Waals surface area contributed by atoms with E-state index in [1.54, 1.807) is 12.1 Å². The number of esters is 1. The van der Waals surface area contributed by atoms with Crippen LogP contribution in [-0.2, 0) is 18.9 Å². The highest BCUT2D eigenvalue weighted by Crippen LogP contribution is 2.62. The van der Waals surface area contributed by atoms with Crippen molar-refractivity contribution >= 4 is 5.97 Å². The van der Waals surface area contributed by atoms with Crippen LogP contribution in [0.15, 0.2) is 41.5 Å². The summed E-state index contributed by atoms with van der Waals surface area (Å²) >= 11 is 0. The Kier molecular flexibility index (Phi) is 6.32. The van der Waals surface area contributed by atoms with Crippen LogP contribution in [0.4, 0.5) is 0 Å². The fourth-order valence-electron chi connectivity index (χ4n) is 8.12. The number of likely N-dealkylation sites (N-methyl/N-ethyl adjacent to an activating group) is 1. The van der Waals surface area contributed by atoms with Crippen molar-refractivity contribution < 1.29 is 28.8 Å². The first-order valence-electron chi connectivity index (χ1n) is 13.9. The third-order valence-electron chi connectivity index (χ3n) is 10.2. The maximum absolute atomic E-state index is 13.5. The van der Waals surface area contributed by atoms with Gasteiger partial charge in [-0.05, 0) is 64.4 Å². The van der Waals surface area contributed by atoms with E-state index in [2.05, 4.69) is 25.7 Å². The summed E-state index contributed by atoms with van der Waals surface area (Å²) in [6.07, 6.45) is 1.82. The number of hydrogen-bond donors (Lipinski definition) is 1. The number of allylic oxidation sites excluding steroid dienone is 1. The van der Waals surface area contributed by atoms with Crippen LogP contribution in [0, 0.1) is 23.2 Å². The van der Waals surface area contributed by atoms with Gasteiger partial charge >= 0.3 is 5.97 Å². The Balaban J connectivity index is 1.48. The molecule has 37 heavy (non-hydrogen) atoms. The molecule has 0 radical (unpaired) electrons. The zero-order valence-corrected chi connectivity index (χ0v) is 22.7. The highest BCUT2D eigenvalue weighted by atomic mass is 16.7. The van der Waals surface area contributed by atoms with Gasteiger partial charge in [0.05, 0.1) is 24.4 Å². The fourth-order valence-corrected chi connectivity index (χ4v) is 8.12. The third kappa shape index (κ3) is 3.92. The Labute approximate surface area is 220 Å². The molecule has 4 fully saturated rings. The van der Waals surface area contributed by atoms with Gasteiger partial charge in [0.1, 0.15) is 17.8 Å². The lowest BCUT2D eigenvalue weighted by atomic mass is 9.49. The molecular weight excluding hydrogens is 470 g/mol. The van der Waals surface area contributed by atoms with E-state index < -0.39 is 11.7 Å². The Bertz CT molecular complexity index is 1070. The van der Waals surface area contributed by atoms with E-state index in [4.69, 9.17) is 18.9 Å². The quantitative estimate of drug-likeness (QED) is 0.487. The van der Waals surface area contributed by atoms with E-state index in [9.17, 15) is 9.90 Å². The van der Waals surface area contributed by atoms with Gasteiger partial charge in [0.2, 0.25) is 0 Å². The highest BCUT2D eigenvalue weighted by molar-refractivity contribution is 5.89. The molecule has 202 valence electrons. The van der Waals surface area contributed by atoms with Crippen molar-refractivity contribution in [2.75, 3.05) is 27.2 Å². The zero-order chi connectivity index (χ0) is 26.1. The molecule has 9 unspecified atom stereocenters. The second kappa shape index (κ2) is 9.16. The Morgan fingerprint density at radius 3 is 2.62 bits per heavy atom. The molecule has 2 saturated carbocycles. The summed E-state index contributed by atoms with van der Waals surface area (Å²) in [5.41, 5.74) is 1.35. The van der Waals surface area contributed by atoms with Gasteiger partial charge in [-0.1, -0.05) is 37.6 Å². The van der Waals surface area contributed by atoms with Gasteiger partial charge in [0.25, 0.3) is 0 Å². The van der Waals surface area contributed by atoms with Crippen LogP contribution in [0.3, 0.4) is 0 Å². The van der Waals surface area contributed by atoms with Crippen LogP contribution < -0.4 is 0 Å². The number of carbonyl (C=O) groups is 1. The number of benzene rings is 1. The number of fused-ring (bicyclic) bond motifs is 8. The summed E-state index contributed by atoms with van der Waals surface area (Å²) in [5, 5.41) is 12.6. The van der Waals surface area contributed by atoms with Crippen LogP contribution in [0.5, 0.6) is 0 Å². The number of aliphatic hydroxyl groups is 1. The second-order valence-corrected chi connectivity index (χ2v) is 12.6. The normalized spacial score (nSPS) is 44.7. The van der Waals surface area contributed by atoms with Gasteiger partial charge < -0.3 is 29.0 Å². The molecule has 0 spiro atoms. The minimum atomic E-state index is -1.20. The first kappa shape index (κ1) is 25.5. The van der Waals surface area contributed by atoms with Crippen molar-refractivity contribution in [2.24, 2.45) is 23.2 Å². The molecule has 1 N–H and O–H groups in total. The summed E-state index contributed by atoms with van der Waals surface area (Å²) in [4.78, 5) is 15.6. The van der Waals surface area contributed by atoms with Crippen LogP contribution in [0.2, 0.25) is 0 Å². The van der Waals surface area contributed by atoms with Crippen molar-refractivity contribution in [1.29, 1.82) is 0 Å². The second-order valence-electron chi connectivity index (χ2n) is 12.6. The molecule has 1 aromatic carbocycles. The summed E-state index contributed by atoms with van der Waals surface area (Å²) in [7, 11) is 4.06. The minimum absolute atomic E-state index is 0.103. The van der Waals surface area contributed by atoms with Gasteiger partial charge in [-0.15, -0.1) is 0 Å². The molecule has 1 aromatic rings. The molecule has 3 aliphatic carbocycles. The first-order chi connectivity index (χ1) is 17.6. The number of carbonyl (C=O) groups excluding carboxylic acids is 1. The summed E-state index contributed by atoms with van der Waals surface area (Å²) in [5.74, 6) is -0.506. The zero-order valence-electron chi connectivity index (χ0n) is 22.7. The Hall–Kier alpha value is -1.77. The first-order valence-corrected chi connectivity index (χ1v) is 13.9. The molecule has 7 heteroatoms. The monoisotopic (exact) mass is 511 g/mol. The predicted octanol–water partition coefficient (Wildman–Crippen LogP) is 3.81. The van der Waals surface area contributed by atoms with E-state index in [1.165, 1.54) is 5.57 Å². The van der Waals surface area contributed by atoms with Crippen LogP contribution in [0.25, 0.3) is 0 Å². The lowest BCUT2D eigenvalue weighted by Crippen LogP contribution is -2.69. The smallest absolute Gasteiger partial charge is 0.338 e. The topological polar surface area (TPSA) is 77.5 Å². The van der Waals surface area contributed by atoms with Gasteiger partial charge in [-0.25, -0.2) is 4.79 Å². The SMILES string of the molecule is CC1=C2C3OC(CN(C)C)OC3C3(C)CCC4OCC4C3[C@H](OC(=O)c3ccccc3)C(O)(CC1)C2C. The molecule has 2 bridgehead atoms. The largest absolute Gasteiger partial charge is 0.455 e. The summed E-state index contributed by atoms with van der Waals surface area (Å²) < 4.78 is 25.9. The van der Waals surface area contributed by atoms with E-state index >= 15 is 0 Å². The maximum Gasteiger partial charge on any atom is 0.338 e. The lowest BCUT2D eigenvalue weighted by molar-refractivity contribution is -0.264. The molecule has 10 atom stereocenters. The average molecular weight is 512 g/mol. The fraction of sp³-hybridized carbons (Fsp3) is 0.700. The van der Waals surface area contributed by atoms with E-state index in [0.29, 0.717) is 25.1 Å². The standard InChI is InChI=1S/C30H41NO6/c1-17-11-14-30(33)18(2)23(17)25-27(36-22(35-25)15-31(4)5)29(3)13-12-21-20(16-34-21)24(29)26(30)37-28(32)19-9-7-6-8-10-19/h6-10,18,20-22,24-27,33H,11-16H2,1-5H3/t18?,20?,21?,22?,24?,25?,26-,27?,29?,30?/m0/s1. The number of nitrogens with zero attached hydrogens (tertiary/aromatic N) is 1. The number of hydrogen-bond acceptors (Lipinski definition) is 7. The lowest BCUT2D eigenvalue weighted by Gasteiger charge is -2.62.